The molecule has 0 unspecified atom stereocenters. The van der Waals surface area contributed by atoms with E-state index in [0.29, 0.717) is 23.0 Å². The van der Waals surface area contributed by atoms with Crippen LogP contribution in [0.3, 0.4) is 0 Å². The van der Waals surface area contributed by atoms with Gasteiger partial charge in [-0.1, -0.05) is 13.0 Å². The number of methoxy groups -OCH3 is 2. The highest BCUT2D eigenvalue weighted by Gasteiger charge is 2.13. The second-order valence-corrected chi connectivity index (χ2v) is 8.77. The molecule has 0 saturated carbocycles. The summed E-state index contributed by atoms with van der Waals surface area (Å²) in [6.45, 7) is 8.16. The molecular formula is C29H35FN4O3. The maximum atomic E-state index is 13.7. The van der Waals surface area contributed by atoms with Gasteiger partial charge in [0.25, 0.3) is 0 Å². The second kappa shape index (κ2) is 13.4. The molecule has 3 aromatic rings. The van der Waals surface area contributed by atoms with Crippen molar-refractivity contribution in [3.05, 3.63) is 94.9 Å². The van der Waals surface area contributed by atoms with Gasteiger partial charge in [0.1, 0.15) is 28.8 Å². The lowest BCUT2D eigenvalue weighted by Crippen LogP contribution is -2.24. The zero-order valence-corrected chi connectivity index (χ0v) is 22.0. The first-order chi connectivity index (χ1) is 17.9. The highest BCUT2D eigenvalue weighted by Crippen LogP contribution is 2.24. The number of halogens is 1. The number of hydrogen-bond acceptors (Lipinski definition) is 6. The average molecular weight is 507 g/mol. The normalized spacial score (nSPS) is 14.5. The van der Waals surface area contributed by atoms with Crippen LogP contribution in [0.25, 0.3) is 16.7 Å². The van der Waals surface area contributed by atoms with Crippen LogP contribution in [0, 0.1) is 5.82 Å². The minimum absolute atomic E-state index is 0.186. The van der Waals surface area contributed by atoms with Crippen LogP contribution in [0.5, 0.6) is 5.75 Å². The quantitative estimate of drug-likeness (QED) is 0.329. The first kappa shape index (κ1) is 27.7. The van der Waals surface area contributed by atoms with Crippen molar-refractivity contribution in [2.24, 2.45) is 0 Å². The van der Waals surface area contributed by atoms with Gasteiger partial charge in [-0.25, -0.2) is 9.37 Å². The Hall–Kier alpha value is -3.91. The molecule has 3 heterocycles. The van der Waals surface area contributed by atoms with Crippen molar-refractivity contribution in [2.75, 3.05) is 39.7 Å². The van der Waals surface area contributed by atoms with Crippen LogP contribution in [-0.4, -0.2) is 48.8 Å². The molecule has 37 heavy (non-hydrogen) atoms. The van der Waals surface area contributed by atoms with E-state index in [2.05, 4.69) is 28.8 Å². The van der Waals surface area contributed by atoms with Gasteiger partial charge in [0, 0.05) is 17.5 Å². The number of hydrogen-bond donors (Lipinski definition) is 1. The monoisotopic (exact) mass is 506 g/mol. The Morgan fingerprint density at radius 1 is 1.11 bits per heavy atom. The molecule has 2 aromatic heterocycles. The second-order valence-electron chi connectivity index (χ2n) is 8.77. The van der Waals surface area contributed by atoms with Crippen LogP contribution in [-0.2, 0) is 4.74 Å². The summed E-state index contributed by atoms with van der Waals surface area (Å²) in [4.78, 5) is 19.2. The van der Waals surface area contributed by atoms with E-state index in [9.17, 15) is 9.18 Å². The van der Waals surface area contributed by atoms with Gasteiger partial charge in [-0.05, 0) is 88.5 Å². The predicted molar refractivity (Wildman–Crippen MR) is 148 cm³/mol. The maximum absolute atomic E-state index is 13.7. The number of pyridine rings is 2. The van der Waals surface area contributed by atoms with Gasteiger partial charge >= 0.3 is 0 Å². The molecule has 7 nitrogen and oxygen atoms in total. The number of likely N-dealkylation sites (tertiary alicyclic amines) is 1. The van der Waals surface area contributed by atoms with E-state index in [0.717, 1.165) is 17.6 Å². The zero-order chi connectivity index (χ0) is 26.8. The van der Waals surface area contributed by atoms with E-state index < -0.39 is 5.82 Å². The van der Waals surface area contributed by atoms with E-state index in [1.54, 1.807) is 49.1 Å². The van der Waals surface area contributed by atoms with Gasteiger partial charge in [0.2, 0.25) is 0 Å². The number of nitrogens with zero attached hydrogens (tertiary/aromatic N) is 3. The smallest absolute Gasteiger partial charge is 0.193 e. The molecule has 1 aliphatic rings. The van der Waals surface area contributed by atoms with E-state index >= 15 is 0 Å². The van der Waals surface area contributed by atoms with Gasteiger partial charge in [0.15, 0.2) is 5.43 Å². The molecule has 0 aliphatic carbocycles. The van der Waals surface area contributed by atoms with Crippen molar-refractivity contribution in [2.45, 2.75) is 26.2 Å². The molecule has 0 atom stereocenters. The highest BCUT2D eigenvalue weighted by atomic mass is 19.1. The minimum atomic E-state index is -0.570. The van der Waals surface area contributed by atoms with Crippen molar-refractivity contribution in [1.29, 1.82) is 0 Å². The summed E-state index contributed by atoms with van der Waals surface area (Å²) in [6, 6.07) is 9.87. The van der Waals surface area contributed by atoms with Crippen LogP contribution >= 0.6 is 0 Å². The molecular weight excluding hydrogens is 471 g/mol. The Morgan fingerprint density at radius 2 is 1.81 bits per heavy atom. The summed E-state index contributed by atoms with van der Waals surface area (Å²) in [5.41, 5.74) is 1.48. The molecule has 1 aliphatic heterocycles. The van der Waals surface area contributed by atoms with Gasteiger partial charge in [-0.15, -0.1) is 0 Å². The number of piperidine rings is 1. The molecule has 1 saturated heterocycles. The van der Waals surface area contributed by atoms with E-state index in [4.69, 9.17) is 9.47 Å². The molecule has 1 fully saturated rings. The standard InChI is InChI=1S/C23H22FN3O3.C6H13N/c1-5-18(29-3)9-6-15(2)26-22-13-21(28)20-12-16(24)14-25-23(20)27(22)17-7-10-19(30-4)11-8-17;1-7-5-3-2-4-6-7/h5-14,26H,1H2,2-4H3;2-6H2,1H3/b15-6+,18-9+;. The number of allylic oxidation sites excluding steroid dienone is 4. The number of nitrogens with one attached hydrogen (secondary N) is 1. The van der Waals surface area contributed by atoms with E-state index in [1.165, 1.54) is 44.5 Å². The van der Waals surface area contributed by atoms with Crippen molar-refractivity contribution in [3.8, 4) is 11.4 Å². The number of fused-ring (bicyclic) bond motifs is 1. The summed E-state index contributed by atoms with van der Waals surface area (Å²) < 4.78 is 25.9. The number of aromatic nitrogens is 2. The molecule has 0 bridgehead atoms. The molecule has 0 amide bonds. The third-order valence-corrected chi connectivity index (χ3v) is 5.99. The Kier molecular flexibility index (Phi) is 10.0. The SMILES string of the molecule is C=C/C(=C\C=C(/C)Nc1cc(=O)c2cc(F)cnc2n1-c1ccc(OC)cc1)OC.CN1CCCCC1. The largest absolute Gasteiger partial charge is 0.497 e. The molecule has 0 spiro atoms. The molecule has 4 rings (SSSR count). The lowest BCUT2D eigenvalue weighted by molar-refractivity contribution is 0.277. The predicted octanol–water partition coefficient (Wildman–Crippen LogP) is 5.67. The van der Waals surface area contributed by atoms with Crippen molar-refractivity contribution in [1.82, 2.24) is 14.5 Å². The fourth-order valence-electron chi connectivity index (χ4n) is 3.98. The van der Waals surface area contributed by atoms with Crippen LogP contribution in [0.1, 0.15) is 26.2 Å². The number of ether oxygens (including phenoxy) is 2. The Bertz CT molecular complexity index is 1320. The van der Waals surface area contributed by atoms with Gasteiger partial charge in [0.05, 0.1) is 25.8 Å². The van der Waals surface area contributed by atoms with Crippen molar-refractivity contribution in [3.63, 3.8) is 0 Å². The van der Waals surface area contributed by atoms with Crippen LogP contribution < -0.4 is 15.5 Å². The topological polar surface area (TPSA) is 68.6 Å². The zero-order valence-electron chi connectivity index (χ0n) is 22.0. The summed E-state index contributed by atoms with van der Waals surface area (Å²) in [6.07, 6.45) is 10.5. The number of rotatable bonds is 7. The number of anilines is 1. The van der Waals surface area contributed by atoms with Crippen molar-refractivity contribution < 1.29 is 13.9 Å². The molecule has 196 valence electrons. The summed E-state index contributed by atoms with van der Waals surface area (Å²) in [7, 11) is 5.33. The molecule has 1 N–H and O–H groups in total. The molecule has 0 radical (unpaired) electrons. The molecule has 8 heteroatoms. The summed E-state index contributed by atoms with van der Waals surface area (Å²) in [5.74, 6) is 1.20. The average Bonchev–Trinajstić information content (AvgIpc) is 2.91. The fourth-order valence-corrected chi connectivity index (χ4v) is 3.98. The van der Waals surface area contributed by atoms with E-state index in [-0.39, 0.29) is 10.8 Å². The third-order valence-electron chi connectivity index (χ3n) is 5.99. The van der Waals surface area contributed by atoms with Crippen LogP contribution in [0.4, 0.5) is 10.2 Å². The Labute approximate surface area is 217 Å². The van der Waals surface area contributed by atoms with Gasteiger partial charge in [-0.2, -0.15) is 0 Å². The van der Waals surface area contributed by atoms with E-state index in [1.807, 2.05) is 19.1 Å². The first-order valence-electron chi connectivity index (χ1n) is 12.2. The number of benzene rings is 1. The lowest BCUT2D eigenvalue weighted by Gasteiger charge is -2.20. The maximum Gasteiger partial charge on any atom is 0.193 e. The Morgan fingerprint density at radius 3 is 2.38 bits per heavy atom. The van der Waals surface area contributed by atoms with Gasteiger partial charge in [-0.3, -0.25) is 9.36 Å². The minimum Gasteiger partial charge on any atom is -0.497 e. The van der Waals surface area contributed by atoms with Crippen molar-refractivity contribution >= 4 is 16.9 Å². The fraction of sp³-hybridized carbons (Fsp3) is 0.310. The summed E-state index contributed by atoms with van der Waals surface area (Å²) in [5, 5.41) is 3.40. The third kappa shape index (κ3) is 7.54. The molecule has 1 aromatic carbocycles. The Balaban J connectivity index is 0.000000468. The van der Waals surface area contributed by atoms with Crippen LogP contribution in [0.2, 0.25) is 0 Å². The van der Waals surface area contributed by atoms with Gasteiger partial charge < -0.3 is 19.7 Å². The highest BCUT2D eigenvalue weighted by molar-refractivity contribution is 5.80. The van der Waals surface area contributed by atoms with Crippen LogP contribution in [0.15, 0.2) is 83.7 Å². The first-order valence-corrected chi connectivity index (χ1v) is 12.2. The summed E-state index contributed by atoms with van der Waals surface area (Å²) >= 11 is 0. The lowest BCUT2D eigenvalue weighted by atomic mass is 10.1.